The van der Waals surface area contributed by atoms with E-state index in [0.29, 0.717) is 6.42 Å². The van der Waals surface area contributed by atoms with E-state index >= 15 is 0 Å². The van der Waals surface area contributed by atoms with Crippen molar-refractivity contribution in [1.82, 2.24) is 4.98 Å². The zero-order valence-electron chi connectivity index (χ0n) is 10.0. The molecule has 0 spiro atoms. The molecule has 2 aromatic rings. The van der Waals surface area contributed by atoms with E-state index in [4.69, 9.17) is 5.73 Å². The summed E-state index contributed by atoms with van der Waals surface area (Å²) < 4.78 is 13.8. The van der Waals surface area contributed by atoms with Gasteiger partial charge in [0.15, 0.2) is 0 Å². The van der Waals surface area contributed by atoms with Crippen LogP contribution in [-0.2, 0) is 6.42 Å². The lowest BCUT2D eigenvalue weighted by atomic mass is 9.97. The number of rotatable bonds is 3. The first-order valence-electron chi connectivity index (χ1n) is 5.68. The monoisotopic (exact) mass is 308 g/mol. The van der Waals surface area contributed by atoms with Crippen LogP contribution in [0.2, 0.25) is 0 Å². The summed E-state index contributed by atoms with van der Waals surface area (Å²) in [6, 6.07) is 6.48. The standard InChI is InChI=1S/C14H14BrFN2/c1-9-8-18-5-4-12(9)14(17)6-10-2-3-11(16)7-13(10)15/h2-5,7-8,14H,6,17H2,1H3. The SMILES string of the molecule is Cc1cnccc1C(N)Cc1ccc(F)cc1Br. The predicted octanol–water partition coefficient (Wildman–Crippen LogP) is 3.53. The molecule has 0 radical (unpaired) electrons. The zero-order valence-corrected chi connectivity index (χ0v) is 11.6. The van der Waals surface area contributed by atoms with Crippen LogP contribution in [0.25, 0.3) is 0 Å². The minimum atomic E-state index is -0.251. The number of aryl methyl sites for hydroxylation is 1. The van der Waals surface area contributed by atoms with E-state index in [2.05, 4.69) is 20.9 Å². The molecule has 0 saturated carbocycles. The van der Waals surface area contributed by atoms with Crippen LogP contribution in [0.4, 0.5) is 4.39 Å². The smallest absolute Gasteiger partial charge is 0.124 e. The van der Waals surface area contributed by atoms with Crippen LogP contribution in [0, 0.1) is 12.7 Å². The van der Waals surface area contributed by atoms with Crippen molar-refractivity contribution in [2.45, 2.75) is 19.4 Å². The normalized spacial score (nSPS) is 12.4. The summed E-state index contributed by atoms with van der Waals surface area (Å²) in [6.45, 7) is 1.99. The van der Waals surface area contributed by atoms with Crippen LogP contribution in [0.15, 0.2) is 41.1 Å². The highest BCUT2D eigenvalue weighted by atomic mass is 79.9. The van der Waals surface area contributed by atoms with Crippen molar-refractivity contribution < 1.29 is 4.39 Å². The van der Waals surface area contributed by atoms with Gasteiger partial charge in [-0.2, -0.15) is 0 Å². The van der Waals surface area contributed by atoms with Crippen LogP contribution in [0.1, 0.15) is 22.7 Å². The van der Waals surface area contributed by atoms with E-state index < -0.39 is 0 Å². The molecule has 1 aromatic heterocycles. The lowest BCUT2D eigenvalue weighted by Gasteiger charge is -2.15. The van der Waals surface area contributed by atoms with Gasteiger partial charge in [0.2, 0.25) is 0 Å². The second-order valence-corrected chi connectivity index (χ2v) is 5.13. The number of hydrogen-bond donors (Lipinski definition) is 1. The maximum absolute atomic E-state index is 13.0. The van der Waals surface area contributed by atoms with Crippen molar-refractivity contribution in [2.24, 2.45) is 5.73 Å². The Kier molecular flexibility index (Phi) is 4.09. The Balaban J connectivity index is 2.21. The number of nitrogens with two attached hydrogens (primary N) is 1. The minimum Gasteiger partial charge on any atom is -0.324 e. The van der Waals surface area contributed by atoms with Gasteiger partial charge < -0.3 is 5.73 Å². The molecule has 1 heterocycles. The molecule has 0 aliphatic heterocycles. The molecular formula is C14H14BrFN2. The summed E-state index contributed by atoms with van der Waals surface area (Å²) in [5, 5.41) is 0. The quantitative estimate of drug-likeness (QED) is 0.942. The molecule has 1 atom stereocenters. The second-order valence-electron chi connectivity index (χ2n) is 4.28. The topological polar surface area (TPSA) is 38.9 Å². The van der Waals surface area contributed by atoms with Crippen molar-refractivity contribution >= 4 is 15.9 Å². The Bertz CT molecular complexity index is 557. The van der Waals surface area contributed by atoms with E-state index in [0.717, 1.165) is 21.2 Å². The van der Waals surface area contributed by atoms with Gasteiger partial charge in [0.25, 0.3) is 0 Å². The van der Waals surface area contributed by atoms with Crippen molar-refractivity contribution in [2.75, 3.05) is 0 Å². The molecule has 0 aliphatic carbocycles. The first-order chi connectivity index (χ1) is 8.58. The molecule has 18 heavy (non-hydrogen) atoms. The van der Waals surface area contributed by atoms with Gasteiger partial charge >= 0.3 is 0 Å². The van der Waals surface area contributed by atoms with Crippen LogP contribution in [0.3, 0.4) is 0 Å². The third-order valence-electron chi connectivity index (χ3n) is 2.92. The lowest BCUT2D eigenvalue weighted by Crippen LogP contribution is -2.15. The Morgan fingerprint density at radius 1 is 1.39 bits per heavy atom. The average Bonchev–Trinajstić information content (AvgIpc) is 2.33. The maximum Gasteiger partial charge on any atom is 0.124 e. The molecular weight excluding hydrogens is 295 g/mol. The van der Waals surface area contributed by atoms with Gasteiger partial charge in [-0.15, -0.1) is 0 Å². The van der Waals surface area contributed by atoms with E-state index in [-0.39, 0.29) is 11.9 Å². The summed E-state index contributed by atoms with van der Waals surface area (Å²) in [6.07, 6.45) is 4.20. The van der Waals surface area contributed by atoms with Crippen molar-refractivity contribution in [1.29, 1.82) is 0 Å². The number of aromatic nitrogens is 1. The fraction of sp³-hybridized carbons (Fsp3) is 0.214. The summed E-state index contributed by atoms with van der Waals surface area (Å²) in [4.78, 5) is 4.05. The average molecular weight is 309 g/mol. The molecule has 1 aromatic carbocycles. The summed E-state index contributed by atoms with van der Waals surface area (Å²) in [5.74, 6) is -0.251. The van der Waals surface area contributed by atoms with Gasteiger partial charge in [-0.25, -0.2) is 4.39 Å². The molecule has 2 rings (SSSR count). The van der Waals surface area contributed by atoms with Gasteiger partial charge in [-0.3, -0.25) is 4.98 Å². The first kappa shape index (κ1) is 13.2. The van der Waals surface area contributed by atoms with E-state index in [9.17, 15) is 4.39 Å². The predicted molar refractivity (Wildman–Crippen MR) is 73.7 cm³/mol. The molecule has 0 aliphatic rings. The summed E-state index contributed by atoms with van der Waals surface area (Å²) in [7, 11) is 0. The van der Waals surface area contributed by atoms with Crippen LogP contribution in [-0.4, -0.2) is 4.98 Å². The lowest BCUT2D eigenvalue weighted by molar-refractivity contribution is 0.624. The van der Waals surface area contributed by atoms with Gasteiger partial charge in [0.1, 0.15) is 5.82 Å². The molecule has 2 nitrogen and oxygen atoms in total. The largest absolute Gasteiger partial charge is 0.324 e. The highest BCUT2D eigenvalue weighted by Gasteiger charge is 2.11. The van der Waals surface area contributed by atoms with E-state index in [1.807, 2.05) is 13.0 Å². The Morgan fingerprint density at radius 3 is 2.83 bits per heavy atom. The molecule has 0 amide bonds. The Labute approximate surface area is 114 Å². The molecule has 0 fully saturated rings. The van der Waals surface area contributed by atoms with Crippen molar-refractivity contribution in [3.05, 3.63) is 63.6 Å². The first-order valence-corrected chi connectivity index (χ1v) is 6.47. The van der Waals surface area contributed by atoms with E-state index in [1.54, 1.807) is 18.5 Å². The second kappa shape index (κ2) is 5.59. The molecule has 1 unspecified atom stereocenters. The number of hydrogen-bond acceptors (Lipinski definition) is 2. The fourth-order valence-corrected chi connectivity index (χ4v) is 2.45. The number of nitrogens with zero attached hydrogens (tertiary/aromatic N) is 1. The molecule has 2 N–H and O–H groups in total. The maximum atomic E-state index is 13.0. The van der Waals surface area contributed by atoms with Crippen LogP contribution < -0.4 is 5.73 Å². The third kappa shape index (κ3) is 2.94. The highest BCUT2D eigenvalue weighted by Crippen LogP contribution is 2.24. The number of pyridine rings is 1. The molecule has 4 heteroatoms. The van der Waals surface area contributed by atoms with Crippen LogP contribution >= 0.6 is 15.9 Å². The molecule has 0 saturated heterocycles. The van der Waals surface area contributed by atoms with Gasteiger partial charge in [0.05, 0.1) is 0 Å². The van der Waals surface area contributed by atoms with E-state index in [1.165, 1.54) is 12.1 Å². The number of halogens is 2. The number of benzene rings is 1. The van der Waals surface area contributed by atoms with Gasteiger partial charge in [0, 0.05) is 22.9 Å². The molecule has 94 valence electrons. The minimum absolute atomic E-state index is 0.116. The van der Waals surface area contributed by atoms with Crippen molar-refractivity contribution in [3.63, 3.8) is 0 Å². The molecule has 0 bridgehead atoms. The van der Waals surface area contributed by atoms with Crippen molar-refractivity contribution in [3.8, 4) is 0 Å². The zero-order chi connectivity index (χ0) is 13.1. The van der Waals surface area contributed by atoms with Crippen LogP contribution in [0.5, 0.6) is 0 Å². The fourth-order valence-electron chi connectivity index (χ4n) is 1.93. The Hall–Kier alpha value is -1.26. The van der Waals surface area contributed by atoms with Gasteiger partial charge in [-0.1, -0.05) is 22.0 Å². The Morgan fingerprint density at radius 2 is 2.17 bits per heavy atom. The summed E-state index contributed by atoms with van der Waals surface area (Å²) >= 11 is 3.36. The third-order valence-corrected chi connectivity index (χ3v) is 3.66. The highest BCUT2D eigenvalue weighted by molar-refractivity contribution is 9.10. The summed E-state index contributed by atoms with van der Waals surface area (Å²) in [5.41, 5.74) is 9.34. The van der Waals surface area contributed by atoms with Gasteiger partial charge in [-0.05, 0) is 48.2 Å².